The predicted octanol–water partition coefficient (Wildman–Crippen LogP) is 1.12. The van der Waals surface area contributed by atoms with Gasteiger partial charge in [0.25, 0.3) is 0 Å². The third-order valence-electron chi connectivity index (χ3n) is 3.71. The molecule has 0 aliphatic rings. The second-order valence-electron chi connectivity index (χ2n) is 5.69. The number of carboxylic acids is 1. The monoisotopic (exact) mass is 377 g/mol. The van der Waals surface area contributed by atoms with Crippen LogP contribution in [0, 0.1) is 0 Å². The van der Waals surface area contributed by atoms with Crippen molar-refractivity contribution < 1.29 is 39.9 Å². The van der Waals surface area contributed by atoms with Gasteiger partial charge in [-0.15, -0.1) is 0 Å². The first-order valence-electron chi connectivity index (χ1n) is 7.89. The van der Waals surface area contributed by atoms with Crippen molar-refractivity contribution in [3.8, 4) is 11.5 Å². The number of carbonyl (C=O) groups is 2. The summed E-state index contributed by atoms with van der Waals surface area (Å²) in [6.07, 6.45) is -4.20. The van der Waals surface area contributed by atoms with Crippen LogP contribution in [-0.2, 0) is 11.3 Å². The summed E-state index contributed by atoms with van der Waals surface area (Å²) in [7, 11) is 0. The molecule has 144 valence electrons. The molecular weight excluding hydrogens is 358 g/mol. The van der Waals surface area contributed by atoms with Crippen LogP contribution in [0.15, 0.2) is 42.5 Å². The van der Waals surface area contributed by atoms with Gasteiger partial charge < -0.3 is 35.6 Å². The number of aliphatic hydroxyl groups excluding tert-OH is 2. The van der Waals surface area contributed by atoms with Crippen molar-refractivity contribution in [3.05, 3.63) is 59.2 Å². The van der Waals surface area contributed by atoms with Gasteiger partial charge in [0.05, 0.1) is 11.1 Å². The molecule has 2 aromatic carbocycles. The van der Waals surface area contributed by atoms with Gasteiger partial charge in [-0.1, -0.05) is 30.3 Å². The van der Waals surface area contributed by atoms with E-state index in [4.69, 9.17) is 9.84 Å². The second-order valence-corrected chi connectivity index (χ2v) is 5.69. The van der Waals surface area contributed by atoms with E-state index in [-0.39, 0.29) is 6.61 Å². The van der Waals surface area contributed by atoms with E-state index in [2.05, 4.69) is 5.32 Å². The van der Waals surface area contributed by atoms with Crippen molar-refractivity contribution in [1.82, 2.24) is 5.32 Å². The van der Waals surface area contributed by atoms with Crippen LogP contribution in [0.2, 0.25) is 0 Å². The zero-order valence-corrected chi connectivity index (χ0v) is 14.1. The number of nitrogens with one attached hydrogen (secondary N) is 1. The number of hydrogen-bond donors (Lipinski definition) is 6. The molecule has 0 saturated heterocycles. The van der Waals surface area contributed by atoms with Gasteiger partial charge in [0, 0.05) is 6.54 Å². The quantitative estimate of drug-likeness (QED) is 0.419. The van der Waals surface area contributed by atoms with Crippen molar-refractivity contribution in [2.24, 2.45) is 0 Å². The molecule has 0 aliphatic carbocycles. The van der Waals surface area contributed by atoms with E-state index >= 15 is 0 Å². The number of aliphatic hydroxyl groups is 2. The van der Waals surface area contributed by atoms with Crippen molar-refractivity contribution >= 4 is 12.1 Å². The summed E-state index contributed by atoms with van der Waals surface area (Å²) in [5, 5.41) is 50.8. The van der Waals surface area contributed by atoms with Crippen molar-refractivity contribution in [1.29, 1.82) is 0 Å². The fourth-order valence-electron chi connectivity index (χ4n) is 2.32. The Morgan fingerprint density at radius 3 is 2.19 bits per heavy atom. The van der Waals surface area contributed by atoms with Crippen LogP contribution in [0.5, 0.6) is 11.5 Å². The lowest BCUT2D eigenvalue weighted by Gasteiger charge is -2.20. The highest BCUT2D eigenvalue weighted by Gasteiger charge is 2.26. The third kappa shape index (κ3) is 5.33. The zero-order valence-electron chi connectivity index (χ0n) is 14.1. The molecule has 0 aliphatic heterocycles. The molecule has 0 saturated carbocycles. The Morgan fingerprint density at radius 2 is 1.63 bits per heavy atom. The number of aromatic hydroxyl groups is 2. The predicted molar refractivity (Wildman–Crippen MR) is 92.3 cm³/mol. The maximum Gasteiger partial charge on any atom is 0.407 e. The average molecular weight is 377 g/mol. The number of rotatable bonds is 7. The molecule has 0 fully saturated rings. The van der Waals surface area contributed by atoms with E-state index < -0.39 is 53.4 Å². The minimum Gasteiger partial charge on any atom is -0.507 e. The summed E-state index contributed by atoms with van der Waals surface area (Å²) in [6, 6.07) is 10.6. The number of benzene rings is 2. The first kappa shape index (κ1) is 20.0. The molecule has 0 heterocycles. The van der Waals surface area contributed by atoms with Crippen molar-refractivity contribution in [2.75, 3.05) is 6.54 Å². The standard InChI is InChI=1S/C18H19NO8/c20-12-6-11(17(24)25)7-13(21)15(12)16(23)14(22)8-19-18(26)27-9-10-4-2-1-3-5-10/h1-7,14,16,20-23H,8-9H2,(H,19,26)(H,24,25). The van der Waals surface area contributed by atoms with Crippen molar-refractivity contribution in [3.63, 3.8) is 0 Å². The summed E-state index contributed by atoms with van der Waals surface area (Å²) in [4.78, 5) is 22.5. The molecule has 0 bridgehead atoms. The van der Waals surface area contributed by atoms with E-state index in [0.717, 1.165) is 17.7 Å². The lowest BCUT2D eigenvalue weighted by Crippen LogP contribution is -2.35. The molecule has 9 nitrogen and oxygen atoms in total. The minimum atomic E-state index is -1.78. The number of amides is 1. The van der Waals surface area contributed by atoms with Crippen LogP contribution >= 0.6 is 0 Å². The second kappa shape index (κ2) is 8.88. The molecule has 1 amide bonds. The molecule has 2 rings (SSSR count). The molecule has 6 N–H and O–H groups in total. The zero-order chi connectivity index (χ0) is 20.0. The van der Waals surface area contributed by atoms with Crippen LogP contribution in [0.4, 0.5) is 4.79 Å². The number of phenols is 2. The summed E-state index contributed by atoms with van der Waals surface area (Å²) in [6.45, 7) is -0.419. The van der Waals surface area contributed by atoms with Gasteiger partial charge in [-0.3, -0.25) is 0 Å². The summed E-state index contributed by atoms with van der Waals surface area (Å²) in [5.74, 6) is -2.79. The Morgan fingerprint density at radius 1 is 1.04 bits per heavy atom. The molecule has 2 unspecified atom stereocenters. The van der Waals surface area contributed by atoms with E-state index in [9.17, 15) is 30.0 Å². The minimum absolute atomic E-state index is 0.0174. The van der Waals surface area contributed by atoms with Crippen LogP contribution in [-0.4, -0.2) is 50.2 Å². The molecule has 2 atom stereocenters. The van der Waals surface area contributed by atoms with Crippen LogP contribution in [0.25, 0.3) is 0 Å². The van der Waals surface area contributed by atoms with Gasteiger partial charge in [0.1, 0.15) is 30.3 Å². The number of carbonyl (C=O) groups excluding carboxylic acids is 1. The Hall–Kier alpha value is -3.30. The fourth-order valence-corrected chi connectivity index (χ4v) is 2.32. The SMILES string of the molecule is O=C(NCC(O)C(O)c1c(O)cc(C(=O)O)cc1O)OCc1ccccc1. The number of aromatic carboxylic acids is 1. The molecule has 2 aromatic rings. The van der Waals surface area contributed by atoms with E-state index in [1.165, 1.54) is 0 Å². The van der Waals surface area contributed by atoms with Crippen molar-refractivity contribution in [2.45, 2.75) is 18.8 Å². The van der Waals surface area contributed by atoms with Crippen LogP contribution in [0.3, 0.4) is 0 Å². The molecule has 9 heteroatoms. The Balaban J connectivity index is 1.92. The van der Waals surface area contributed by atoms with Gasteiger partial charge in [0.2, 0.25) is 0 Å². The number of ether oxygens (including phenoxy) is 1. The molecule has 0 radical (unpaired) electrons. The number of alkyl carbamates (subject to hydrolysis) is 1. The fraction of sp³-hybridized carbons (Fsp3) is 0.222. The summed E-state index contributed by atoms with van der Waals surface area (Å²) < 4.78 is 4.95. The molecule has 27 heavy (non-hydrogen) atoms. The van der Waals surface area contributed by atoms with Gasteiger partial charge in [0.15, 0.2) is 0 Å². The molecule has 0 spiro atoms. The van der Waals surface area contributed by atoms with Gasteiger partial charge in [-0.25, -0.2) is 9.59 Å². The van der Waals surface area contributed by atoms with E-state index in [1.807, 2.05) is 6.07 Å². The first-order chi connectivity index (χ1) is 12.8. The van der Waals surface area contributed by atoms with Crippen LogP contribution in [0.1, 0.15) is 27.6 Å². The highest BCUT2D eigenvalue weighted by Crippen LogP contribution is 2.35. The maximum absolute atomic E-state index is 11.6. The Kier molecular flexibility index (Phi) is 6.58. The van der Waals surface area contributed by atoms with E-state index in [0.29, 0.717) is 0 Å². The lowest BCUT2D eigenvalue weighted by molar-refractivity contribution is 0.0158. The highest BCUT2D eigenvalue weighted by atomic mass is 16.5. The first-order valence-corrected chi connectivity index (χ1v) is 7.89. The Labute approximate surface area is 154 Å². The average Bonchev–Trinajstić information content (AvgIpc) is 2.64. The molecule has 0 aromatic heterocycles. The normalized spacial score (nSPS) is 12.8. The number of hydrogen-bond acceptors (Lipinski definition) is 7. The molecular formula is C18H19NO8. The lowest BCUT2D eigenvalue weighted by atomic mass is 10.00. The smallest absolute Gasteiger partial charge is 0.407 e. The third-order valence-corrected chi connectivity index (χ3v) is 3.71. The van der Waals surface area contributed by atoms with Crippen LogP contribution < -0.4 is 5.32 Å². The number of phenolic OH excluding ortho intramolecular Hbond substituents is 2. The van der Waals surface area contributed by atoms with E-state index in [1.54, 1.807) is 24.3 Å². The van der Waals surface area contributed by atoms with Gasteiger partial charge >= 0.3 is 12.1 Å². The van der Waals surface area contributed by atoms with Gasteiger partial charge in [-0.05, 0) is 17.7 Å². The highest BCUT2D eigenvalue weighted by molar-refractivity contribution is 5.89. The van der Waals surface area contributed by atoms with Gasteiger partial charge in [-0.2, -0.15) is 0 Å². The number of carboxylic acid groups (broad SMARTS) is 1. The maximum atomic E-state index is 11.6. The summed E-state index contributed by atoms with van der Waals surface area (Å²) >= 11 is 0. The Bertz CT molecular complexity index is 785. The topological polar surface area (TPSA) is 157 Å². The summed E-state index contributed by atoms with van der Waals surface area (Å²) in [5.41, 5.74) is -0.0772. The largest absolute Gasteiger partial charge is 0.507 e.